The summed E-state index contributed by atoms with van der Waals surface area (Å²) < 4.78 is 0. The molecule has 0 aromatic heterocycles. The third kappa shape index (κ3) is 9.04. The molecule has 2 aliphatic heterocycles. The van der Waals surface area contributed by atoms with E-state index in [0.717, 1.165) is 49.3 Å². The molecule has 0 unspecified atom stereocenters. The maximum atomic E-state index is 13.7. The number of hydrogen-bond acceptors (Lipinski definition) is 4. The number of aryl methyl sites for hydroxylation is 2. The SMILES string of the molecule is CC(=O)N1CCC(C(=O)N(CCCN2CCC(Cc3ccc(CCC(N)=O)cc3)CC2)c2ccc(C)c(Cl)c2)CC1. The average molecular weight is 581 g/mol. The van der Waals surface area contributed by atoms with Gasteiger partial charge in [-0.25, -0.2) is 0 Å². The second-order valence-corrected chi connectivity index (χ2v) is 12.2. The highest BCUT2D eigenvalue weighted by Gasteiger charge is 2.30. The van der Waals surface area contributed by atoms with E-state index in [0.29, 0.717) is 56.3 Å². The van der Waals surface area contributed by atoms with Crippen LogP contribution < -0.4 is 10.6 Å². The number of halogens is 1. The maximum Gasteiger partial charge on any atom is 0.230 e. The van der Waals surface area contributed by atoms with E-state index in [4.69, 9.17) is 17.3 Å². The number of carbonyl (C=O) groups excluding carboxylic acids is 3. The van der Waals surface area contributed by atoms with Crippen molar-refractivity contribution in [1.29, 1.82) is 0 Å². The molecule has 0 atom stereocenters. The molecule has 7 nitrogen and oxygen atoms in total. The van der Waals surface area contributed by atoms with Crippen molar-refractivity contribution in [2.75, 3.05) is 44.2 Å². The van der Waals surface area contributed by atoms with Crippen molar-refractivity contribution in [3.05, 3.63) is 64.2 Å². The fourth-order valence-electron chi connectivity index (χ4n) is 6.09. The third-order valence-electron chi connectivity index (χ3n) is 8.79. The minimum atomic E-state index is -0.258. The van der Waals surface area contributed by atoms with Gasteiger partial charge in [0.2, 0.25) is 17.7 Å². The molecule has 2 saturated heterocycles. The van der Waals surface area contributed by atoms with Gasteiger partial charge in [0.1, 0.15) is 0 Å². The summed E-state index contributed by atoms with van der Waals surface area (Å²) >= 11 is 6.46. The van der Waals surface area contributed by atoms with Crippen LogP contribution in [0.25, 0.3) is 0 Å². The Balaban J connectivity index is 1.26. The van der Waals surface area contributed by atoms with Crippen molar-refractivity contribution >= 4 is 35.0 Å². The van der Waals surface area contributed by atoms with Gasteiger partial charge in [0.05, 0.1) is 0 Å². The largest absolute Gasteiger partial charge is 0.370 e. The van der Waals surface area contributed by atoms with E-state index in [1.807, 2.05) is 34.9 Å². The highest BCUT2D eigenvalue weighted by atomic mass is 35.5. The minimum absolute atomic E-state index is 0.0707. The lowest BCUT2D eigenvalue weighted by molar-refractivity contribution is -0.133. The minimum Gasteiger partial charge on any atom is -0.370 e. The molecule has 8 heteroatoms. The summed E-state index contributed by atoms with van der Waals surface area (Å²) in [4.78, 5) is 42.8. The Labute approximate surface area is 250 Å². The Morgan fingerprint density at radius 1 is 0.951 bits per heavy atom. The molecular formula is C33H45ClN4O3. The fourth-order valence-corrected chi connectivity index (χ4v) is 6.26. The summed E-state index contributed by atoms with van der Waals surface area (Å²) in [6.45, 7) is 8.63. The maximum absolute atomic E-state index is 13.7. The highest BCUT2D eigenvalue weighted by Crippen LogP contribution is 2.28. The quantitative estimate of drug-likeness (QED) is 0.405. The predicted octanol–water partition coefficient (Wildman–Crippen LogP) is 5.00. The first-order valence-corrected chi connectivity index (χ1v) is 15.5. The topological polar surface area (TPSA) is 87.0 Å². The molecule has 41 heavy (non-hydrogen) atoms. The van der Waals surface area contributed by atoms with E-state index in [-0.39, 0.29) is 23.6 Å². The van der Waals surface area contributed by atoms with Gasteiger partial charge in [-0.3, -0.25) is 14.4 Å². The van der Waals surface area contributed by atoms with Crippen molar-refractivity contribution in [2.45, 2.75) is 65.2 Å². The van der Waals surface area contributed by atoms with Gasteiger partial charge in [-0.2, -0.15) is 0 Å². The van der Waals surface area contributed by atoms with Gasteiger partial charge in [-0.05, 0) is 106 Å². The number of nitrogens with two attached hydrogens (primary N) is 1. The van der Waals surface area contributed by atoms with Gasteiger partial charge in [-0.1, -0.05) is 41.9 Å². The van der Waals surface area contributed by atoms with E-state index in [1.54, 1.807) is 6.92 Å². The number of rotatable bonds is 11. The van der Waals surface area contributed by atoms with E-state index in [9.17, 15) is 14.4 Å². The van der Waals surface area contributed by atoms with Crippen LogP contribution in [0.1, 0.15) is 62.1 Å². The van der Waals surface area contributed by atoms with Crippen LogP contribution in [0.3, 0.4) is 0 Å². The molecule has 2 N–H and O–H groups in total. The molecule has 0 spiro atoms. The number of primary amides is 1. The molecular weight excluding hydrogens is 536 g/mol. The van der Waals surface area contributed by atoms with Crippen LogP contribution >= 0.6 is 11.6 Å². The van der Waals surface area contributed by atoms with Gasteiger partial charge >= 0.3 is 0 Å². The lowest BCUT2D eigenvalue weighted by Gasteiger charge is -2.35. The number of piperidine rings is 2. The molecule has 0 saturated carbocycles. The number of nitrogens with zero attached hydrogens (tertiary/aromatic N) is 3. The van der Waals surface area contributed by atoms with Crippen LogP contribution in [0.4, 0.5) is 5.69 Å². The van der Waals surface area contributed by atoms with Crippen LogP contribution in [0.5, 0.6) is 0 Å². The van der Waals surface area contributed by atoms with Crippen LogP contribution in [0.2, 0.25) is 5.02 Å². The summed E-state index contributed by atoms with van der Waals surface area (Å²) in [5.74, 6) is 0.574. The zero-order valence-electron chi connectivity index (χ0n) is 24.6. The second kappa shape index (κ2) is 14.8. The lowest BCUT2D eigenvalue weighted by atomic mass is 9.89. The van der Waals surface area contributed by atoms with Crippen molar-refractivity contribution in [3.8, 4) is 0 Å². The zero-order chi connectivity index (χ0) is 29.4. The molecule has 0 bridgehead atoms. The fraction of sp³-hybridized carbons (Fsp3) is 0.545. The average Bonchev–Trinajstić information content (AvgIpc) is 2.97. The number of likely N-dealkylation sites (tertiary alicyclic amines) is 2. The summed E-state index contributed by atoms with van der Waals surface area (Å²) in [5.41, 5.74) is 9.64. The van der Waals surface area contributed by atoms with Crippen LogP contribution in [0, 0.1) is 18.8 Å². The highest BCUT2D eigenvalue weighted by molar-refractivity contribution is 6.31. The molecule has 222 valence electrons. The summed E-state index contributed by atoms with van der Waals surface area (Å²) in [7, 11) is 0. The Morgan fingerprint density at radius 3 is 2.22 bits per heavy atom. The number of benzene rings is 2. The number of anilines is 1. The Bertz CT molecular complexity index is 1190. The molecule has 2 heterocycles. The van der Waals surface area contributed by atoms with Gasteiger partial charge in [0, 0.05) is 49.6 Å². The Kier molecular flexibility index (Phi) is 11.2. The van der Waals surface area contributed by atoms with Crippen molar-refractivity contribution < 1.29 is 14.4 Å². The normalized spacial score (nSPS) is 17.0. The Hall–Kier alpha value is -2.90. The first-order valence-electron chi connectivity index (χ1n) is 15.1. The summed E-state index contributed by atoms with van der Waals surface area (Å²) in [6.07, 6.45) is 6.85. The molecule has 0 radical (unpaired) electrons. The summed E-state index contributed by atoms with van der Waals surface area (Å²) in [5, 5.41) is 0.675. The van der Waals surface area contributed by atoms with Crippen LogP contribution in [-0.4, -0.2) is 66.8 Å². The summed E-state index contributed by atoms with van der Waals surface area (Å²) in [6, 6.07) is 14.5. The first-order chi connectivity index (χ1) is 19.7. The lowest BCUT2D eigenvalue weighted by Crippen LogP contribution is -2.45. The second-order valence-electron chi connectivity index (χ2n) is 11.8. The van der Waals surface area contributed by atoms with Gasteiger partial charge in [-0.15, -0.1) is 0 Å². The molecule has 2 aliphatic rings. The van der Waals surface area contributed by atoms with E-state index in [1.165, 1.54) is 18.4 Å². The van der Waals surface area contributed by atoms with Crippen LogP contribution in [-0.2, 0) is 27.2 Å². The zero-order valence-corrected chi connectivity index (χ0v) is 25.4. The van der Waals surface area contributed by atoms with E-state index >= 15 is 0 Å². The molecule has 3 amide bonds. The first kappa shape index (κ1) is 31.0. The number of carbonyl (C=O) groups is 3. The van der Waals surface area contributed by atoms with E-state index < -0.39 is 0 Å². The monoisotopic (exact) mass is 580 g/mol. The van der Waals surface area contributed by atoms with E-state index in [2.05, 4.69) is 29.2 Å². The van der Waals surface area contributed by atoms with Crippen molar-refractivity contribution in [2.24, 2.45) is 17.6 Å². The molecule has 0 aliphatic carbocycles. The van der Waals surface area contributed by atoms with Gasteiger partial charge in [0.25, 0.3) is 0 Å². The Morgan fingerprint density at radius 2 is 1.61 bits per heavy atom. The third-order valence-corrected chi connectivity index (χ3v) is 9.20. The molecule has 2 aromatic carbocycles. The van der Waals surface area contributed by atoms with Gasteiger partial charge in [0.15, 0.2) is 0 Å². The van der Waals surface area contributed by atoms with Crippen LogP contribution in [0.15, 0.2) is 42.5 Å². The molecule has 4 rings (SSSR count). The predicted molar refractivity (Wildman–Crippen MR) is 165 cm³/mol. The van der Waals surface area contributed by atoms with Crippen molar-refractivity contribution in [3.63, 3.8) is 0 Å². The molecule has 2 aromatic rings. The molecule has 2 fully saturated rings. The standard InChI is InChI=1S/C33H45ClN4O3/c1-24-4-10-30(23-31(24)34)38(33(41)29-14-20-37(21-15-29)25(2)39)17-3-16-36-18-12-28(13-19-36)22-27-7-5-26(6-8-27)9-11-32(35)40/h4-8,10,23,28-29H,3,9,11-22H2,1-2H3,(H2,35,40). The number of amides is 3. The van der Waals surface area contributed by atoms with Gasteiger partial charge < -0.3 is 20.4 Å². The number of hydrogen-bond donors (Lipinski definition) is 1. The van der Waals surface area contributed by atoms with Crippen molar-refractivity contribution in [1.82, 2.24) is 9.80 Å². The smallest absolute Gasteiger partial charge is 0.230 e.